The maximum Gasteiger partial charge on any atom is 0.228 e. The first kappa shape index (κ1) is 17.5. The third-order valence-electron chi connectivity index (χ3n) is 5.42. The van der Waals surface area contributed by atoms with Gasteiger partial charge in [-0.3, -0.25) is 4.79 Å². The molecule has 0 radical (unpaired) electrons. The topological polar surface area (TPSA) is 74.6 Å². The maximum atomic E-state index is 12.1. The van der Waals surface area contributed by atoms with Crippen LogP contribution in [0.2, 0.25) is 18.1 Å². The molecule has 2 fully saturated rings. The minimum absolute atomic E-state index is 0.000539. The first-order valence-corrected chi connectivity index (χ1v) is 11.0. The standard InChI is InChI=1S/C16H28N2O3Si/c1-10(21-22(5,6)16(2,3)4)13-14(18-15(13)19)11(7-8-17)12-9-20-12/h10-14H,7,9H2,1-6H3,(H,18,19)/t10-,11+,12-,13-,14-/m1/s1. The van der Waals surface area contributed by atoms with E-state index >= 15 is 0 Å². The molecule has 0 spiro atoms. The second-order valence-corrected chi connectivity index (χ2v) is 12.8. The summed E-state index contributed by atoms with van der Waals surface area (Å²) in [5.41, 5.74) is 0. The van der Waals surface area contributed by atoms with Crippen molar-refractivity contribution in [3.8, 4) is 6.07 Å². The van der Waals surface area contributed by atoms with Crippen molar-refractivity contribution in [3.05, 3.63) is 0 Å². The van der Waals surface area contributed by atoms with Gasteiger partial charge in [-0.05, 0) is 25.1 Å². The fourth-order valence-corrected chi connectivity index (χ4v) is 4.34. The Morgan fingerprint density at radius 1 is 1.50 bits per heavy atom. The minimum atomic E-state index is -1.91. The van der Waals surface area contributed by atoms with Gasteiger partial charge < -0.3 is 14.5 Å². The lowest BCUT2D eigenvalue weighted by molar-refractivity contribution is -0.142. The number of carbonyl (C=O) groups is 1. The minimum Gasteiger partial charge on any atom is -0.413 e. The molecule has 124 valence electrons. The molecule has 2 rings (SSSR count). The van der Waals surface area contributed by atoms with Crippen LogP contribution in [0.5, 0.6) is 0 Å². The third kappa shape index (κ3) is 3.37. The van der Waals surface area contributed by atoms with Crippen molar-refractivity contribution >= 4 is 14.2 Å². The molecule has 22 heavy (non-hydrogen) atoms. The number of hydrogen-bond donors (Lipinski definition) is 1. The summed E-state index contributed by atoms with van der Waals surface area (Å²) in [5, 5.41) is 12.1. The van der Waals surface area contributed by atoms with Gasteiger partial charge in [-0.1, -0.05) is 20.8 Å². The Balaban J connectivity index is 2.06. The van der Waals surface area contributed by atoms with Gasteiger partial charge in [0.25, 0.3) is 0 Å². The summed E-state index contributed by atoms with van der Waals surface area (Å²) in [6, 6.07) is 2.22. The van der Waals surface area contributed by atoms with Crippen molar-refractivity contribution in [1.29, 1.82) is 5.26 Å². The van der Waals surface area contributed by atoms with Crippen LogP contribution in [0.15, 0.2) is 0 Å². The highest BCUT2D eigenvalue weighted by Gasteiger charge is 2.53. The molecule has 0 bridgehead atoms. The fourth-order valence-electron chi connectivity index (χ4n) is 2.91. The predicted octanol–water partition coefficient (Wildman–Crippen LogP) is 2.44. The maximum absolute atomic E-state index is 12.1. The SMILES string of the molecule is C[C@@H](O[Si](C)(C)C(C)(C)C)[C@H]1C(=O)N[C@@H]1[C@@H](CC#N)[C@H]1CO1. The highest BCUT2D eigenvalue weighted by Crippen LogP contribution is 2.41. The van der Waals surface area contributed by atoms with Gasteiger partial charge in [0.15, 0.2) is 8.32 Å². The van der Waals surface area contributed by atoms with E-state index in [1.54, 1.807) is 0 Å². The molecule has 2 heterocycles. The molecule has 0 unspecified atom stereocenters. The van der Waals surface area contributed by atoms with Gasteiger partial charge in [0.2, 0.25) is 5.91 Å². The van der Waals surface area contributed by atoms with Crippen molar-refractivity contribution in [1.82, 2.24) is 5.32 Å². The number of nitrogens with zero attached hydrogens (tertiary/aromatic N) is 1. The van der Waals surface area contributed by atoms with E-state index in [0.717, 1.165) is 0 Å². The summed E-state index contributed by atoms with van der Waals surface area (Å²) in [4.78, 5) is 12.1. The zero-order valence-electron chi connectivity index (χ0n) is 14.5. The van der Waals surface area contributed by atoms with Crippen LogP contribution in [0.25, 0.3) is 0 Å². The zero-order valence-corrected chi connectivity index (χ0v) is 15.5. The predicted molar refractivity (Wildman–Crippen MR) is 86.6 cm³/mol. The summed E-state index contributed by atoms with van der Waals surface area (Å²) in [6.45, 7) is 13.7. The van der Waals surface area contributed by atoms with Crippen molar-refractivity contribution in [2.45, 2.75) is 70.5 Å². The Kier molecular flexibility index (Phi) is 4.72. The molecule has 2 aliphatic rings. The quantitative estimate of drug-likeness (QED) is 0.462. The summed E-state index contributed by atoms with van der Waals surface area (Å²) in [5.74, 6) is -0.0466. The van der Waals surface area contributed by atoms with Crippen LogP contribution in [0.4, 0.5) is 0 Å². The molecule has 0 aliphatic carbocycles. The molecule has 0 saturated carbocycles. The number of ether oxygens (including phenoxy) is 1. The van der Waals surface area contributed by atoms with E-state index in [-0.39, 0.29) is 41.0 Å². The Morgan fingerprint density at radius 3 is 2.50 bits per heavy atom. The van der Waals surface area contributed by atoms with E-state index in [9.17, 15) is 4.79 Å². The molecule has 0 aromatic heterocycles. The fraction of sp³-hybridized carbons (Fsp3) is 0.875. The van der Waals surface area contributed by atoms with Crippen LogP contribution in [-0.2, 0) is 14.0 Å². The first-order chi connectivity index (χ1) is 10.1. The van der Waals surface area contributed by atoms with E-state index in [1.807, 2.05) is 6.92 Å². The molecule has 2 saturated heterocycles. The van der Waals surface area contributed by atoms with Gasteiger partial charge in [-0.2, -0.15) is 5.26 Å². The lowest BCUT2D eigenvalue weighted by Gasteiger charge is -2.47. The van der Waals surface area contributed by atoms with Crippen LogP contribution in [-0.4, -0.2) is 39.1 Å². The van der Waals surface area contributed by atoms with Crippen LogP contribution < -0.4 is 5.32 Å². The number of β-lactam (4-membered cyclic amide) rings is 1. The van der Waals surface area contributed by atoms with Crippen molar-refractivity contribution in [3.63, 3.8) is 0 Å². The summed E-state index contributed by atoms with van der Waals surface area (Å²) < 4.78 is 11.8. The lowest BCUT2D eigenvalue weighted by atomic mass is 9.76. The molecule has 2 aliphatic heterocycles. The summed E-state index contributed by atoms with van der Waals surface area (Å²) >= 11 is 0. The molecule has 1 amide bonds. The highest BCUT2D eigenvalue weighted by atomic mass is 28.4. The molecule has 5 atom stereocenters. The molecule has 0 aromatic rings. The number of carbonyl (C=O) groups excluding carboxylic acids is 1. The van der Waals surface area contributed by atoms with Crippen LogP contribution in [0, 0.1) is 23.2 Å². The molecular weight excluding hydrogens is 296 g/mol. The number of nitriles is 1. The number of amides is 1. The average molecular weight is 324 g/mol. The van der Waals surface area contributed by atoms with E-state index < -0.39 is 8.32 Å². The molecule has 1 N–H and O–H groups in total. The second kappa shape index (κ2) is 5.95. The zero-order chi connectivity index (χ0) is 16.7. The van der Waals surface area contributed by atoms with E-state index in [2.05, 4.69) is 45.3 Å². The second-order valence-electron chi connectivity index (χ2n) is 8.04. The first-order valence-electron chi connectivity index (χ1n) is 8.05. The number of hydrogen-bond acceptors (Lipinski definition) is 4. The molecule has 5 nitrogen and oxygen atoms in total. The van der Waals surface area contributed by atoms with Gasteiger partial charge in [0, 0.05) is 18.4 Å². The van der Waals surface area contributed by atoms with Crippen molar-refractivity contribution in [2.75, 3.05) is 6.61 Å². The third-order valence-corrected chi connectivity index (χ3v) is 9.99. The van der Waals surface area contributed by atoms with E-state index in [1.165, 1.54) is 0 Å². The van der Waals surface area contributed by atoms with E-state index in [0.29, 0.717) is 13.0 Å². The molecule has 0 aromatic carbocycles. The Labute approximate surface area is 134 Å². The molecular formula is C16H28N2O3Si. The van der Waals surface area contributed by atoms with Crippen molar-refractivity contribution < 1.29 is 14.0 Å². The number of rotatable bonds is 6. The largest absolute Gasteiger partial charge is 0.413 e. The highest BCUT2D eigenvalue weighted by molar-refractivity contribution is 6.74. The normalized spacial score (nSPS) is 30.8. The smallest absolute Gasteiger partial charge is 0.228 e. The van der Waals surface area contributed by atoms with Gasteiger partial charge in [0.1, 0.15) is 0 Å². The number of nitrogens with one attached hydrogen (secondary N) is 1. The van der Waals surface area contributed by atoms with E-state index in [4.69, 9.17) is 14.4 Å². The monoisotopic (exact) mass is 324 g/mol. The summed E-state index contributed by atoms with van der Waals surface area (Å²) in [6.07, 6.45) is 0.409. The van der Waals surface area contributed by atoms with Gasteiger partial charge >= 0.3 is 0 Å². The Hall–Kier alpha value is -0.903. The lowest BCUT2D eigenvalue weighted by Crippen LogP contribution is -2.66. The average Bonchev–Trinajstić information content (AvgIpc) is 3.15. The van der Waals surface area contributed by atoms with Gasteiger partial charge in [-0.25, -0.2) is 0 Å². The van der Waals surface area contributed by atoms with Crippen LogP contribution >= 0.6 is 0 Å². The van der Waals surface area contributed by atoms with Gasteiger partial charge in [-0.15, -0.1) is 0 Å². The summed E-state index contributed by atoms with van der Waals surface area (Å²) in [7, 11) is -1.91. The number of epoxide rings is 1. The Bertz CT molecular complexity index is 477. The van der Waals surface area contributed by atoms with Crippen molar-refractivity contribution in [2.24, 2.45) is 11.8 Å². The Morgan fingerprint density at radius 2 is 2.09 bits per heavy atom. The van der Waals surface area contributed by atoms with Crippen LogP contribution in [0.3, 0.4) is 0 Å². The molecule has 6 heteroatoms. The van der Waals surface area contributed by atoms with Crippen LogP contribution in [0.1, 0.15) is 34.1 Å². The van der Waals surface area contributed by atoms with Gasteiger partial charge in [0.05, 0.1) is 30.8 Å².